The fourth-order valence-corrected chi connectivity index (χ4v) is 2.24. The van der Waals surface area contributed by atoms with Gasteiger partial charge in [0.05, 0.1) is 25.3 Å². The highest BCUT2D eigenvalue weighted by molar-refractivity contribution is 5.88. The number of aromatic nitrogens is 2. The van der Waals surface area contributed by atoms with Crippen molar-refractivity contribution in [2.24, 2.45) is 0 Å². The van der Waals surface area contributed by atoms with Crippen molar-refractivity contribution >= 4 is 16.7 Å². The number of benzene rings is 1. The van der Waals surface area contributed by atoms with E-state index in [4.69, 9.17) is 15.2 Å². The third kappa shape index (κ3) is 3.64. The summed E-state index contributed by atoms with van der Waals surface area (Å²) in [7, 11) is 0. The zero-order valence-corrected chi connectivity index (χ0v) is 12.3. The van der Waals surface area contributed by atoms with Crippen molar-refractivity contribution < 1.29 is 9.47 Å². The number of anilines is 1. The van der Waals surface area contributed by atoms with E-state index in [0.29, 0.717) is 12.4 Å². The van der Waals surface area contributed by atoms with Crippen LogP contribution in [0.2, 0.25) is 0 Å². The molecule has 1 saturated heterocycles. The van der Waals surface area contributed by atoms with Crippen LogP contribution in [0.25, 0.3) is 10.9 Å². The van der Waals surface area contributed by atoms with E-state index < -0.39 is 0 Å². The first-order chi connectivity index (χ1) is 10.8. The highest BCUT2D eigenvalue weighted by Gasteiger charge is 2.07. The van der Waals surface area contributed by atoms with Crippen LogP contribution in [0.15, 0.2) is 24.5 Å². The lowest BCUT2D eigenvalue weighted by Crippen LogP contribution is -2.36. The molecular formula is C16H18N4O2. The monoisotopic (exact) mass is 298 g/mol. The molecule has 1 aliphatic heterocycles. The topological polar surface area (TPSA) is 73.5 Å². The van der Waals surface area contributed by atoms with Gasteiger partial charge in [-0.2, -0.15) is 0 Å². The van der Waals surface area contributed by atoms with Crippen molar-refractivity contribution in [3.63, 3.8) is 0 Å². The number of hydrogen-bond acceptors (Lipinski definition) is 6. The number of rotatable bonds is 3. The Morgan fingerprint density at radius 2 is 2.09 bits per heavy atom. The molecule has 1 fully saturated rings. The second-order valence-electron chi connectivity index (χ2n) is 4.97. The average molecular weight is 298 g/mol. The SMILES string of the molecule is Nc1ncnc2cc(OCC#CCN3CCOCC3)ccc12. The Labute approximate surface area is 129 Å². The molecule has 0 radical (unpaired) electrons. The number of nitrogen functional groups attached to an aromatic ring is 1. The van der Waals surface area contributed by atoms with Crippen molar-refractivity contribution in [2.45, 2.75) is 0 Å². The summed E-state index contributed by atoms with van der Waals surface area (Å²) >= 11 is 0. The number of fused-ring (bicyclic) bond motifs is 1. The van der Waals surface area contributed by atoms with Gasteiger partial charge in [-0.3, -0.25) is 4.90 Å². The van der Waals surface area contributed by atoms with Crippen LogP contribution in [-0.2, 0) is 4.74 Å². The molecule has 1 aliphatic rings. The van der Waals surface area contributed by atoms with Crippen LogP contribution >= 0.6 is 0 Å². The van der Waals surface area contributed by atoms with E-state index in [1.807, 2.05) is 18.2 Å². The number of nitrogens with two attached hydrogens (primary N) is 1. The highest BCUT2D eigenvalue weighted by Crippen LogP contribution is 2.21. The van der Waals surface area contributed by atoms with Crippen LogP contribution in [-0.4, -0.2) is 54.3 Å². The Morgan fingerprint density at radius 1 is 1.23 bits per heavy atom. The molecule has 0 unspecified atom stereocenters. The van der Waals surface area contributed by atoms with Crippen molar-refractivity contribution in [1.29, 1.82) is 0 Å². The predicted octanol–water partition coefficient (Wildman–Crippen LogP) is 0.926. The fraction of sp³-hybridized carbons (Fsp3) is 0.375. The summed E-state index contributed by atoms with van der Waals surface area (Å²) < 4.78 is 10.9. The molecule has 3 rings (SSSR count). The minimum absolute atomic E-state index is 0.358. The van der Waals surface area contributed by atoms with Gasteiger partial charge in [-0.05, 0) is 12.1 Å². The van der Waals surface area contributed by atoms with Crippen LogP contribution in [0.3, 0.4) is 0 Å². The molecule has 0 atom stereocenters. The lowest BCUT2D eigenvalue weighted by Gasteiger charge is -2.24. The van der Waals surface area contributed by atoms with Gasteiger partial charge < -0.3 is 15.2 Å². The van der Waals surface area contributed by atoms with Crippen LogP contribution in [0, 0.1) is 11.8 Å². The number of nitrogens with zero attached hydrogens (tertiary/aromatic N) is 3. The summed E-state index contributed by atoms with van der Waals surface area (Å²) in [4.78, 5) is 10.4. The molecule has 0 saturated carbocycles. The summed E-state index contributed by atoms with van der Waals surface area (Å²) in [5.74, 6) is 7.35. The van der Waals surface area contributed by atoms with Gasteiger partial charge in [0.15, 0.2) is 0 Å². The summed E-state index contributed by atoms with van der Waals surface area (Å²) in [6, 6.07) is 5.56. The zero-order valence-electron chi connectivity index (χ0n) is 12.3. The first-order valence-corrected chi connectivity index (χ1v) is 7.22. The van der Waals surface area contributed by atoms with Gasteiger partial charge in [-0.25, -0.2) is 9.97 Å². The third-order valence-electron chi connectivity index (χ3n) is 3.48. The molecule has 6 heteroatoms. The molecule has 0 bridgehead atoms. The standard InChI is InChI=1S/C16H18N4O2/c17-16-14-4-3-13(11-15(14)18-12-19-16)22-8-2-1-5-20-6-9-21-10-7-20/h3-4,11-12H,5-10H2,(H2,17,18,19). The van der Waals surface area contributed by atoms with E-state index in [0.717, 1.165) is 49.5 Å². The Hall–Kier alpha value is -2.36. The second kappa shape index (κ2) is 7.07. The molecule has 0 aliphatic carbocycles. The van der Waals surface area contributed by atoms with E-state index in [1.54, 1.807) is 0 Å². The maximum Gasteiger partial charge on any atom is 0.149 e. The van der Waals surface area contributed by atoms with Gasteiger partial charge in [-0.1, -0.05) is 11.8 Å². The van der Waals surface area contributed by atoms with Crippen LogP contribution in [0.5, 0.6) is 5.75 Å². The molecule has 6 nitrogen and oxygen atoms in total. The number of morpholine rings is 1. The van der Waals surface area contributed by atoms with E-state index in [-0.39, 0.29) is 0 Å². The largest absolute Gasteiger partial charge is 0.481 e. The Bertz CT molecular complexity index is 702. The molecule has 2 heterocycles. The molecule has 1 aromatic carbocycles. The third-order valence-corrected chi connectivity index (χ3v) is 3.48. The maximum absolute atomic E-state index is 5.79. The Balaban J connectivity index is 1.53. The van der Waals surface area contributed by atoms with Gasteiger partial charge in [-0.15, -0.1) is 0 Å². The smallest absolute Gasteiger partial charge is 0.149 e. The lowest BCUT2D eigenvalue weighted by molar-refractivity contribution is 0.0443. The maximum atomic E-state index is 5.79. The Morgan fingerprint density at radius 3 is 2.95 bits per heavy atom. The number of ether oxygens (including phenoxy) is 2. The normalized spacial score (nSPS) is 15.3. The van der Waals surface area contributed by atoms with E-state index in [9.17, 15) is 0 Å². The summed E-state index contributed by atoms with van der Waals surface area (Å²) in [5, 5.41) is 0.827. The summed E-state index contributed by atoms with van der Waals surface area (Å²) in [5.41, 5.74) is 6.56. The van der Waals surface area contributed by atoms with Gasteiger partial charge in [0.1, 0.15) is 24.5 Å². The minimum atomic E-state index is 0.358. The van der Waals surface area contributed by atoms with E-state index >= 15 is 0 Å². The van der Waals surface area contributed by atoms with Gasteiger partial charge >= 0.3 is 0 Å². The van der Waals surface area contributed by atoms with E-state index in [2.05, 4.69) is 26.7 Å². The zero-order chi connectivity index (χ0) is 15.2. The molecule has 114 valence electrons. The molecule has 0 spiro atoms. The van der Waals surface area contributed by atoms with Crippen molar-refractivity contribution in [2.75, 3.05) is 45.2 Å². The average Bonchev–Trinajstić information content (AvgIpc) is 2.56. The molecule has 2 aromatic rings. The van der Waals surface area contributed by atoms with Crippen molar-refractivity contribution in [3.8, 4) is 17.6 Å². The predicted molar refractivity (Wildman–Crippen MR) is 84.5 cm³/mol. The fourth-order valence-electron chi connectivity index (χ4n) is 2.24. The van der Waals surface area contributed by atoms with Gasteiger partial charge in [0, 0.05) is 24.5 Å². The van der Waals surface area contributed by atoms with E-state index in [1.165, 1.54) is 6.33 Å². The highest BCUT2D eigenvalue weighted by atomic mass is 16.5. The van der Waals surface area contributed by atoms with Crippen LogP contribution in [0.1, 0.15) is 0 Å². The quantitative estimate of drug-likeness (QED) is 0.850. The summed E-state index contributed by atoms with van der Waals surface area (Å²) in [6.07, 6.45) is 1.45. The first-order valence-electron chi connectivity index (χ1n) is 7.22. The molecular weight excluding hydrogens is 280 g/mol. The van der Waals surface area contributed by atoms with Crippen molar-refractivity contribution in [3.05, 3.63) is 24.5 Å². The van der Waals surface area contributed by atoms with Crippen LogP contribution in [0.4, 0.5) is 5.82 Å². The summed E-state index contributed by atoms with van der Waals surface area (Å²) in [6.45, 7) is 4.59. The minimum Gasteiger partial charge on any atom is -0.481 e. The van der Waals surface area contributed by atoms with Gasteiger partial charge in [0.2, 0.25) is 0 Å². The van der Waals surface area contributed by atoms with Gasteiger partial charge in [0.25, 0.3) is 0 Å². The first kappa shape index (κ1) is 14.6. The Kier molecular flexibility index (Phi) is 4.68. The molecule has 0 amide bonds. The van der Waals surface area contributed by atoms with Crippen LogP contribution < -0.4 is 10.5 Å². The molecule has 1 aromatic heterocycles. The number of hydrogen-bond donors (Lipinski definition) is 1. The second-order valence-corrected chi connectivity index (χ2v) is 4.97. The lowest BCUT2D eigenvalue weighted by atomic mass is 10.2. The molecule has 2 N–H and O–H groups in total. The molecule has 22 heavy (non-hydrogen) atoms. The van der Waals surface area contributed by atoms with Crippen molar-refractivity contribution in [1.82, 2.24) is 14.9 Å².